The first-order chi connectivity index (χ1) is 10.1. The fourth-order valence-corrected chi connectivity index (χ4v) is 3.52. The highest BCUT2D eigenvalue weighted by atomic mass is 35.5. The molecule has 21 heavy (non-hydrogen) atoms. The summed E-state index contributed by atoms with van der Waals surface area (Å²) in [6, 6.07) is 12.5. The zero-order chi connectivity index (χ0) is 15.0. The molecule has 0 fully saturated rings. The summed E-state index contributed by atoms with van der Waals surface area (Å²) in [5.41, 5.74) is 5.27. The van der Waals surface area contributed by atoms with Gasteiger partial charge in [-0.3, -0.25) is 0 Å². The van der Waals surface area contributed by atoms with Gasteiger partial charge < -0.3 is 4.90 Å². The van der Waals surface area contributed by atoms with E-state index in [1.165, 1.54) is 27.8 Å². The Kier molecular flexibility index (Phi) is 3.77. The number of halogens is 1. The molecule has 108 valence electrons. The zero-order valence-corrected chi connectivity index (χ0v) is 13.4. The van der Waals surface area contributed by atoms with Crippen LogP contribution in [0.1, 0.15) is 20.3 Å². The monoisotopic (exact) mass is 297 g/mol. The van der Waals surface area contributed by atoms with E-state index in [1.54, 1.807) is 0 Å². The lowest BCUT2D eigenvalue weighted by Crippen LogP contribution is -2.31. The van der Waals surface area contributed by atoms with E-state index in [4.69, 9.17) is 11.6 Å². The van der Waals surface area contributed by atoms with Crippen molar-refractivity contribution in [1.82, 2.24) is 0 Å². The highest BCUT2D eigenvalue weighted by molar-refractivity contribution is 6.36. The fraction of sp³-hybridized carbons (Fsp3) is 0.263. The molecule has 0 atom stereocenters. The van der Waals surface area contributed by atoms with E-state index in [-0.39, 0.29) is 0 Å². The van der Waals surface area contributed by atoms with Crippen LogP contribution in [-0.2, 0) is 0 Å². The Morgan fingerprint density at radius 2 is 1.90 bits per heavy atom. The van der Waals surface area contributed by atoms with Gasteiger partial charge in [0.25, 0.3) is 0 Å². The minimum absolute atomic E-state index is 0.829. The second-order valence-electron chi connectivity index (χ2n) is 5.83. The first-order valence-corrected chi connectivity index (χ1v) is 7.72. The van der Waals surface area contributed by atoms with Crippen LogP contribution in [0.5, 0.6) is 0 Å². The van der Waals surface area contributed by atoms with Crippen LogP contribution in [0, 0.1) is 0 Å². The SMILES string of the molecule is C=C(C)C1=C(C)CN(c2cccc3cccc(Cl)c23)CC1. The van der Waals surface area contributed by atoms with E-state index in [0.717, 1.165) is 29.9 Å². The lowest BCUT2D eigenvalue weighted by molar-refractivity contribution is 0.765. The predicted octanol–water partition coefficient (Wildman–Crippen LogP) is 5.60. The highest BCUT2D eigenvalue weighted by Gasteiger charge is 2.19. The largest absolute Gasteiger partial charge is 0.367 e. The molecule has 1 heterocycles. The van der Waals surface area contributed by atoms with E-state index in [9.17, 15) is 0 Å². The Morgan fingerprint density at radius 3 is 2.57 bits per heavy atom. The van der Waals surface area contributed by atoms with E-state index in [0.29, 0.717) is 0 Å². The standard InChI is InChI=1S/C19H20ClN/c1-13(2)16-10-11-21(12-14(16)3)18-9-5-7-15-6-4-8-17(20)19(15)18/h4-9H,1,10-12H2,2-3H3. The van der Waals surface area contributed by atoms with Gasteiger partial charge in [-0.05, 0) is 43.4 Å². The second-order valence-corrected chi connectivity index (χ2v) is 6.23. The topological polar surface area (TPSA) is 3.24 Å². The lowest BCUT2D eigenvalue weighted by Gasteiger charge is -2.32. The number of fused-ring (bicyclic) bond motifs is 1. The molecule has 2 aromatic rings. The molecule has 1 aliphatic rings. The number of allylic oxidation sites excluding steroid dienone is 1. The highest BCUT2D eigenvalue weighted by Crippen LogP contribution is 2.35. The average molecular weight is 298 g/mol. The molecule has 0 saturated carbocycles. The van der Waals surface area contributed by atoms with Crippen molar-refractivity contribution >= 4 is 28.1 Å². The van der Waals surface area contributed by atoms with Crippen molar-refractivity contribution in [2.45, 2.75) is 20.3 Å². The smallest absolute Gasteiger partial charge is 0.0505 e. The number of anilines is 1. The maximum atomic E-state index is 6.44. The maximum absolute atomic E-state index is 6.44. The molecule has 0 amide bonds. The summed E-state index contributed by atoms with van der Waals surface area (Å²) in [4.78, 5) is 2.43. The van der Waals surface area contributed by atoms with Crippen molar-refractivity contribution in [1.29, 1.82) is 0 Å². The Bertz CT molecular complexity index is 737. The summed E-state index contributed by atoms with van der Waals surface area (Å²) >= 11 is 6.44. The molecule has 0 unspecified atom stereocenters. The van der Waals surface area contributed by atoms with Crippen molar-refractivity contribution in [3.63, 3.8) is 0 Å². The fourth-order valence-electron chi connectivity index (χ4n) is 3.24. The summed E-state index contributed by atoms with van der Waals surface area (Å²) in [5.74, 6) is 0. The van der Waals surface area contributed by atoms with Gasteiger partial charge in [0, 0.05) is 24.2 Å². The van der Waals surface area contributed by atoms with Crippen LogP contribution in [0.15, 0.2) is 59.7 Å². The van der Waals surface area contributed by atoms with Crippen LogP contribution in [0.2, 0.25) is 5.02 Å². The Balaban J connectivity index is 2.05. The number of nitrogens with zero attached hydrogens (tertiary/aromatic N) is 1. The molecular formula is C19H20ClN. The molecule has 0 N–H and O–H groups in total. The third kappa shape index (κ3) is 2.58. The minimum atomic E-state index is 0.829. The molecule has 0 radical (unpaired) electrons. The minimum Gasteiger partial charge on any atom is -0.367 e. The summed E-state index contributed by atoms with van der Waals surface area (Å²) in [5, 5.41) is 3.19. The molecule has 0 spiro atoms. The van der Waals surface area contributed by atoms with Crippen LogP contribution < -0.4 is 4.90 Å². The second kappa shape index (κ2) is 5.57. The third-order valence-electron chi connectivity index (χ3n) is 4.26. The lowest BCUT2D eigenvalue weighted by atomic mass is 9.95. The molecule has 0 saturated heterocycles. The van der Waals surface area contributed by atoms with Gasteiger partial charge in [0.05, 0.1) is 5.02 Å². The molecule has 2 heteroatoms. The average Bonchev–Trinajstić information content (AvgIpc) is 2.46. The van der Waals surface area contributed by atoms with E-state index in [1.807, 2.05) is 12.1 Å². The first kappa shape index (κ1) is 14.2. The number of hydrogen-bond donors (Lipinski definition) is 0. The van der Waals surface area contributed by atoms with Gasteiger partial charge in [-0.1, -0.05) is 53.6 Å². The van der Waals surface area contributed by atoms with Gasteiger partial charge in [-0.25, -0.2) is 0 Å². The summed E-state index contributed by atoms with van der Waals surface area (Å²) in [6.45, 7) is 10.4. The summed E-state index contributed by atoms with van der Waals surface area (Å²) in [6.07, 6.45) is 1.06. The molecule has 3 rings (SSSR count). The zero-order valence-electron chi connectivity index (χ0n) is 12.6. The van der Waals surface area contributed by atoms with Crippen molar-refractivity contribution in [3.05, 3.63) is 64.7 Å². The quantitative estimate of drug-likeness (QED) is 0.698. The van der Waals surface area contributed by atoms with Gasteiger partial charge >= 0.3 is 0 Å². The van der Waals surface area contributed by atoms with Crippen LogP contribution in [0.4, 0.5) is 5.69 Å². The van der Waals surface area contributed by atoms with Gasteiger partial charge in [-0.2, -0.15) is 0 Å². The normalized spacial score (nSPS) is 15.7. The molecular weight excluding hydrogens is 278 g/mol. The summed E-state index contributed by atoms with van der Waals surface area (Å²) in [7, 11) is 0. The molecule has 2 aromatic carbocycles. The van der Waals surface area contributed by atoms with Crippen LogP contribution >= 0.6 is 11.6 Å². The van der Waals surface area contributed by atoms with Crippen molar-refractivity contribution < 1.29 is 0 Å². The van der Waals surface area contributed by atoms with Crippen molar-refractivity contribution in [3.8, 4) is 0 Å². The van der Waals surface area contributed by atoms with E-state index >= 15 is 0 Å². The van der Waals surface area contributed by atoms with Gasteiger partial charge in [-0.15, -0.1) is 0 Å². The molecule has 0 aliphatic carbocycles. The van der Waals surface area contributed by atoms with Crippen LogP contribution in [-0.4, -0.2) is 13.1 Å². The number of hydrogen-bond acceptors (Lipinski definition) is 1. The van der Waals surface area contributed by atoms with Crippen molar-refractivity contribution in [2.75, 3.05) is 18.0 Å². The predicted molar refractivity (Wildman–Crippen MR) is 93.3 cm³/mol. The molecule has 0 aromatic heterocycles. The van der Waals surface area contributed by atoms with Crippen LogP contribution in [0.3, 0.4) is 0 Å². The summed E-state index contributed by atoms with van der Waals surface area (Å²) < 4.78 is 0. The first-order valence-electron chi connectivity index (χ1n) is 7.34. The van der Waals surface area contributed by atoms with Crippen molar-refractivity contribution in [2.24, 2.45) is 0 Å². The molecule has 1 aliphatic heterocycles. The molecule has 1 nitrogen and oxygen atoms in total. The Hall–Kier alpha value is -1.73. The van der Waals surface area contributed by atoms with Gasteiger partial charge in [0.15, 0.2) is 0 Å². The van der Waals surface area contributed by atoms with E-state index in [2.05, 4.69) is 49.6 Å². The number of rotatable bonds is 2. The van der Waals surface area contributed by atoms with Crippen LogP contribution in [0.25, 0.3) is 10.8 Å². The Morgan fingerprint density at radius 1 is 1.19 bits per heavy atom. The molecule has 0 bridgehead atoms. The Labute approximate surface area is 131 Å². The number of benzene rings is 2. The van der Waals surface area contributed by atoms with Gasteiger partial charge in [0.1, 0.15) is 0 Å². The third-order valence-corrected chi connectivity index (χ3v) is 4.58. The maximum Gasteiger partial charge on any atom is 0.0505 e. The van der Waals surface area contributed by atoms with Gasteiger partial charge in [0.2, 0.25) is 0 Å². The van der Waals surface area contributed by atoms with E-state index < -0.39 is 0 Å².